The maximum Gasteiger partial charge on any atom is 0.194 e. The zero-order chi connectivity index (χ0) is 15.0. The molecular formula is C14H26N6. The van der Waals surface area contributed by atoms with E-state index in [1.54, 1.807) is 0 Å². The molecule has 0 aliphatic carbocycles. The van der Waals surface area contributed by atoms with Gasteiger partial charge in [-0.3, -0.25) is 0 Å². The molecule has 1 heterocycles. The Kier molecular flexibility index (Phi) is 6.76. The molecule has 6 heteroatoms. The molecule has 1 aromatic rings. The highest BCUT2D eigenvalue weighted by molar-refractivity contribution is 5.79. The molecule has 0 unspecified atom stereocenters. The van der Waals surface area contributed by atoms with Crippen molar-refractivity contribution in [1.29, 1.82) is 0 Å². The van der Waals surface area contributed by atoms with Crippen LogP contribution in [0.3, 0.4) is 0 Å². The lowest BCUT2D eigenvalue weighted by Gasteiger charge is -2.21. The van der Waals surface area contributed by atoms with E-state index in [-0.39, 0.29) is 0 Å². The number of aliphatic imine (C=N–C) groups is 1. The van der Waals surface area contributed by atoms with Crippen molar-refractivity contribution < 1.29 is 0 Å². The summed E-state index contributed by atoms with van der Waals surface area (Å²) in [6.45, 7) is 10.1. The second-order valence-corrected chi connectivity index (χ2v) is 4.75. The number of aromatic nitrogens is 3. The van der Waals surface area contributed by atoms with E-state index in [2.05, 4.69) is 38.9 Å². The van der Waals surface area contributed by atoms with Crippen LogP contribution >= 0.6 is 0 Å². The Morgan fingerprint density at radius 1 is 1.50 bits per heavy atom. The Bertz CT molecular complexity index is 449. The number of nitrogens with one attached hydrogen (secondary N) is 1. The van der Waals surface area contributed by atoms with Crippen molar-refractivity contribution in [1.82, 2.24) is 25.0 Å². The van der Waals surface area contributed by atoms with Crippen molar-refractivity contribution in [3.63, 3.8) is 0 Å². The van der Waals surface area contributed by atoms with Crippen LogP contribution in [0.4, 0.5) is 0 Å². The number of guanidine groups is 1. The van der Waals surface area contributed by atoms with Gasteiger partial charge in [-0.1, -0.05) is 6.08 Å². The van der Waals surface area contributed by atoms with Crippen LogP contribution in [0.2, 0.25) is 0 Å². The molecule has 0 aromatic carbocycles. The Morgan fingerprint density at radius 3 is 2.80 bits per heavy atom. The smallest absolute Gasteiger partial charge is 0.194 e. The molecule has 20 heavy (non-hydrogen) atoms. The summed E-state index contributed by atoms with van der Waals surface area (Å²) >= 11 is 0. The summed E-state index contributed by atoms with van der Waals surface area (Å²) in [7, 11) is 4.01. The first-order valence-electron chi connectivity index (χ1n) is 7.05. The summed E-state index contributed by atoms with van der Waals surface area (Å²) in [6, 6.07) is 0. The van der Waals surface area contributed by atoms with E-state index in [1.807, 2.05) is 31.7 Å². The van der Waals surface area contributed by atoms with Gasteiger partial charge in [0.2, 0.25) is 0 Å². The highest BCUT2D eigenvalue weighted by Gasteiger charge is 2.07. The van der Waals surface area contributed by atoms with Gasteiger partial charge in [0.15, 0.2) is 11.8 Å². The lowest BCUT2D eigenvalue weighted by atomic mass is 10.3. The molecule has 0 saturated heterocycles. The summed E-state index contributed by atoms with van der Waals surface area (Å²) in [5.74, 6) is 2.68. The van der Waals surface area contributed by atoms with Crippen LogP contribution in [0.15, 0.2) is 17.6 Å². The molecule has 0 amide bonds. The Morgan fingerprint density at radius 2 is 2.25 bits per heavy atom. The van der Waals surface area contributed by atoms with Gasteiger partial charge in [0.05, 0.1) is 0 Å². The first-order chi connectivity index (χ1) is 9.60. The number of rotatable bonds is 7. The first-order valence-corrected chi connectivity index (χ1v) is 7.05. The number of hydrogen-bond donors (Lipinski definition) is 1. The maximum atomic E-state index is 4.62. The van der Waals surface area contributed by atoms with Crippen LogP contribution in [0, 0.1) is 6.92 Å². The molecule has 0 spiro atoms. The summed E-state index contributed by atoms with van der Waals surface area (Å²) < 4.78 is 1.96. The molecule has 1 N–H and O–H groups in total. The highest BCUT2D eigenvalue weighted by Crippen LogP contribution is 2.01. The van der Waals surface area contributed by atoms with Crippen molar-refractivity contribution in [2.24, 2.45) is 12.0 Å². The summed E-state index contributed by atoms with van der Waals surface area (Å²) in [6.07, 6.45) is 4.04. The van der Waals surface area contributed by atoms with E-state index >= 15 is 0 Å². The molecule has 0 bridgehead atoms. The molecule has 0 saturated carbocycles. The zero-order valence-corrected chi connectivity index (χ0v) is 13.1. The average molecular weight is 278 g/mol. The van der Waals surface area contributed by atoms with Crippen LogP contribution in [0.25, 0.3) is 0 Å². The lowest BCUT2D eigenvalue weighted by molar-refractivity contribution is 0.469. The minimum Gasteiger partial charge on any atom is -0.357 e. The van der Waals surface area contributed by atoms with Gasteiger partial charge in [-0.25, -0.2) is 4.99 Å². The molecule has 1 rings (SSSR count). The molecule has 0 atom stereocenters. The van der Waals surface area contributed by atoms with E-state index < -0.39 is 0 Å². The fourth-order valence-corrected chi connectivity index (χ4v) is 1.78. The van der Waals surface area contributed by atoms with Gasteiger partial charge in [0, 0.05) is 27.2 Å². The fourth-order valence-electron chi connectivity index (χ4n) is 1.78. The van der Waals surface area contributed by atoms with E-state index in [1.165, 1.54) is 0 Å². The number of allylic oxidation sites excluding steroid dienone is 1. The summed E-state index contributed by atoms with van der Waals surface area (Å²) in [4.78, 5) is 6.75. The van der Waals surface area contributed by atoms with E-state index in [0.29, 0.717) is 6.54 Å². The third-order valence-corrected chi connectivity index (χ3v) is 3.15. The van der Waals surface area contributed by atoms with Gasteiger partial charge in [0.1, 0.15) is 12.4 Å². The molecular weight excluding hydrogens is 252 g/mol. The molecule has 0 aliphatic rings. The summed E-state index contributed by atoms with van der Waals surface area (Å²) in [5.41, 5.74) is 0. The topological polar surface area (TPSA) is 58.3 Å². The van der Waals surface area contributed by atoms with Crippen molar-refractivity contribution in [2.45, 2.75) is 33.2 Å². The maximum absolute atomic E-state index is 4.62. The van der Waals surface area contributed by atoms with Gasteiger partial charge < -0.3 is 14.8 Å². The SMILES string of the molecule is C=CCCCN(C)C(=NCc1nnc(C)n1C)NCC. The van der Waals surface area contributed by atoms with Gasteiger partial charge in [0.25, 0.3) is 0 Å². The first kappa shape index (κ1) is 16.2. The number of unbranched alkanes of at least 4 members (excludes halogenated alkanes) is 1. The van der Waals surface area contributed by atoms with E-state index in [0.717, 1.165) is 43.5 Å². The molecule has 6 nitrogen and oxygen atoms in total. The van der Waals surface area contributed by atoms with Crippen molar-refractivity contribution in [3.05, 3.63) is 24.3 Å². The van der Waals surface area contributed by atoms with Crippen LogP contribution in [0.5, 0.6) is 0 Å². The summed E-state index contributed by atoms with van der Waals surface area (Å²) in [5, 5.41) is 11.5. The second kappa shape index (κ2) is 8.35. The molecule has 0 fully saturated rings. The highest BCUT2D eigenvalue weighted by atomic mass is 15.3. The molecule has 0 radical (unpaired) electrons. The fraction of sp³-hybridized carbons (Fsp3) is 0.643. The van der Waals surface area contributed by atoms with Gasteiger partial charge in [-0.05, 0) is 26.7 Å². The number of aryl methyl sites for hydroxylation is 1. The average Bonchev–Trinajstić information content (AvgIpc) is 2.75. The van der Waals surface area contributed by atoms with Crippen molar-refractivity contribution in [3.8, 4) is 0 Å². The van der Waals surface area contributed by atoms with Gasteiger partial charge in [-0.15, -0.1) is 16.8 Å². The second-order valence-electron chi connectivity index (χ2n) is 4.75. The Hall–Kier alpha value is -1.85. The largest absolute Gasteiger partial charge is 0.357 e. The standard InChI is InChI=1S/C14H26N6/c1-6-8-9-10-19(4)14(15-7-2)16-11-13-18-17-12(3)20(13)5/h6H,1,7-11H2,2-5H3,(H,15,16). The van der Waals surface area contributed by atoms with Crippen LogP contribution in [0.1, 0.15) is 31.4 Å². The molecule has 0 aliphatic heterocycles. The van der Waals surface area contributed by atoms with Crippen molar-refractivity contribution in [2.75, 3.05) is 20.1 Å². The van der Waals surface area contributed by atoms with Gasteiger partial charge in [-0.2, -0.15) is 0 Å². The third kappa shape index (κ3) is 4.68. The monoisotopic (exact) mass is 278 g/mol. The zero-order valence-electron chi connectivity index (χ0n) is 13.1. The third-order valence-electron chi connectivity index (χ3n) is 3.15. The van der Waals surface area contributed by atoms with Crippen molar-refractivity contribution >= 4 is 5.96 Å². The van der Waals surface area contributed by atoms with Crippen LogP contribution < -0.4 is 5.32 Å². The minimum absolute atomic E-state index is 0.533. The van der Waals surface area contributed by atoms with E-state index in [9.17, 15) is 0 Å². The normalized spacial score (nSPS) is 11.5. The molecule has 112 valence electrons. The van der Waals surface area contributed by atoms with Crippen LogP contribution in [-0.4, -0.2) is 45.8 Å². The van der Waals surface area contributed by atoms with E-state index in [4.69, 9.17) is 0 Å². The number of nitrogens with zero attached hydrogens (tertiary/aromatic N) is 5. The van der Waals surface area contributed by atoms with Gasteiger partial charge >= 0.3 is 0 Å². The minimum atomic E-state index is 0.533. The number of hydrogen-bond acceptors (Lipinski definition) is 3. The Balaban J connectivity index is 2.66. The lowest BCUT2D eigenvalue weighted by Crippen LogP contribution is -2.39. The predicted molar refractivity (Wildman–Crippen MR) is 82.6 cm³/mol. The van der Waals surface area contributed by atoms with Crippen LogP contribution in [-0.2, 0) is 13.6 Å². The Labute approximate surface area is 121 Å². The quantitative estimate of drug-likeness (QED) is 0.355. The molecule has 1 aromatic heterocycles. The predicted octanol–water partition coefficient (Wildman–Crippen LogP) is 1.49.